The summed E-state index contributed by atoms with van der Waals surface area (Å²) < 4.78 is 1.46. The molecular formula is C34H34ClN5O4. The Bertz CT molecular complexity index is 1700. The van der Waals surface area contributed by atoms with E-state index in [1.165, 1.54) is 17.9 Å². The first kappa shape index (κ1) is 30.7. The Kier molecular flexibility index (Phi) is 9.55. The number of carbonyl (C=O) groups excluding carboxylic acids is 4. The summed E-state index contributed by atoms with van der Waals surface area (Å²) >= 11 is 6.64. The van der Waals surface area contributed by atoms with Gasteiger partial charge in [-0.1, -0.05) is 66.2 Å². The van der Waals surface area contributed by atoms with E-state index in [0.717, 1.165) is 33.4 Å². The van der Waals surface area contributed by atoms with Crippen molar-refractivity contribution in [3.05, 3.63) is 112 Å². The fourth-order valence-electron chi connectivity index (χ4n) is 5.37. The topological polar surface area (TPSA) is 122 Å². The van der Waals surface area contributed by atoms with Gasteiger partial charge in [0, 0.05) is 51.0 Å². The van der Waals surface area contributed by atoms with E-state index in [2.05, 4.69) is 21.0 Å². The molecule has 0 unspecified atom stereocenters. The SMILES string of the molecule is CNC(=O)[C@H]1Cc2ccc(cc2)CC(=O)[C@@H](NC(=O)c2ccnn2C)Cc2cc(ccc2Cl)-c2cccc(c2)CCC(=O)N1. The van der Waals surface area contributed by atoms with Crippen LogP contribution in [0.4, 0.5) is 0 Å². The normalized spacial score (nSPS) is 17.4. The maximum absolute atomic E-state index is 13.8. The van der Waals surface area contributed by atoms with Crippen LogP contribution < -0.4 is 16.0 Å². The number of benzene rings is 3. The lowest BCUT2D eigenvalue weighted by atomic mass is 9.93. The van der Waals surface area contributed by atoms with Crippen LogP contribution in [0.3, 0.4) is 0 Å². The van der Waals surface area contributed by atoms with Crippen molar-refractivity contribution in [3.8, 4) is 11.1 Å². The quantitative estimate of drug-likeness (QED) is 0.327. The Balaban J connectivity index is 1.52. The van der Waals surface area contributed by atoms with Gasteiger partial charge in [-0.05, 0) is 58.0 Å². The van der Waals surface area contributed by atoms with Crippen LogP contribution in [-0.2, 0) is 47.1 Å². The number of likely N-dealkylation sites (N-methyl/N-ethyl adjacent to an activating group) is 1. The third kappa shape index (κ3) is 7.41. The van der Waals surface area contributed by atoms with Crippen molar-refractivity contribution in [2.24, 2.45) is 7.05 Å². The molecule has 10 heteroatoms. The van der Waals surface area contributed by atoms with E-state index in [1.54, 1.807) is 19.2 Å². The van der Waals surface area contributed by atoms with Crippen molar-refractivity contribution in [3.63, 3.8) is 0 Å². The largest absolute Gasteiger partial charge is 0.357 e. The number of aromatic nitrogens is 2. The lowest BCUT2D eigenvalue weighted by Gasteiger charge is -2.20. The molecule has 0 fully saturated rings. The predicted molar refractivity (Wildman–Crippen MR) is 168 cm³/mol. The lowest BCUT2D eigenvalue weighted by molar-refractivity contribution is -0.128. The summed E-state index contributed by atoms with van der Waals surface area (Å²) in [5.41, 5.74) is 5.44. The molecule has 6 bridgehead atoms. The summed E-state index contributed by atoms with van der Waals surface area (Å²) in [6.45, 7) is 0. The van der Waals surface area contributed by atoms with Crippen LogP contribution in [0.25, 0.3) is 11.1 Å². The highest BCUT2D eigenvalue weighted by Crippen LogP contribution is 2.28. The third-order valence-electron chi connectivity index (χ3n) is 7.86. The summed E-state index contributed by atoms with van der Waals surface area (Å²) in [6.07, 6.45) is 2.81. The molecule has 9 nitrogen and oxygen atoms in total. The fraction of sp³-hybridized carbons (Fsp3) is 0.265. The molecule has 2 atom stereocenters. The van der Waals surface area contributed by atoms with E-state index in [-0.39, 0.29) is 36.9 Å². The molecule has 3 N–H and O–H groups in total. The Labute approximate surface area is 261 Å². The molecule has 1 aromatic heterocycles. The molecule has 4 aromatic rings. The molecule has 3 aromatic carbocycles. The fourth-order valence-corrected chi connectivity index (χ4v) is 5.57. The summed E-state index contributed by atoms with van der Waals surface area (Å²) in [4.78, 5) is 52.4. The summed E-state index contributed by atoms with van der Waals surface area (Å²) in [5, 5.41) is 13.0. The van der Waals surface area contributed by atoms with Crippen LogP contribution in [0.2, 0.25) is 5.02 Å². The van der Waals surface area contributed by atoms with Gasteiger partial charge in [0.15, 0.2) is 5.78 Å². The van der Waals surface area contributed by atoms with E-state index in [1.807, 2.05) is 60.7 Å². The average molecular weight is 612 g/mol. The monoisotopic (exact) mass is 611 g/mol. The standard InChI is InChI=1S/C34H34ClN5O4/c1-36-33(43)29-17-22-6-8-23(9-7-22)18-31(41)28(39-34(44)30-14-15-37-40(30)2)20-26-19-25(11-12-27(26)35)24-5-3-4-21(16-24)10-13-32(42)38-29/h3-9,11-12,14-16,19,28-29H,10,13,17-18,20H2,1-2H3,(H,36,43)(H,38,42)(H,39,44)/t28-,29+/m0/s1. The minimum Gasteiger partial charge on any atom is -0.357 e. The highest BCUT2D eigenvalue weighted by atomic mass is 35.5. The van der Waals surface area contributed by atoms with E-state index in [9.17, 15) is 19.2 Å². The molecule has 0 aliphatic carbocycles. The van der Waals surface area contributed by atoms with Crippen molar-refractivity contribution >= 4 is 35.1 Å². The molecule has 3 heterocycles. The van der Waals surface area contributed by atoms with Gasteiger partial charge in [-0.15, -0.1) is 0 Å². The van der Waals surface area contributed by atoms with Gasteiger partial charge < -0.3 is 16.0 Å². The van der Waals surface area contributed by atoms with Crippen molar-refractivity contribution in [1.29, 1.82) is 0 Å². The third-order valence-corrected chi connectivity index (χ3v) is 8.23. The van der Waals surface area contributed by atoms with Gasteiger partial charge in [0.25, 0.3) is 5.91 Å². The molecule has 0 spiro atoms. The zero-order chi connectivity index (χ0) is 31.2. The minimum absolute atomic E-state index is 0.0750. The Morgan fingerprint density at radius 3 is 2.39 bits per heavy atom. The van der Waals surface area contributed by atoms with Crippen LogP contribution in [0.1, 0.15) is 39.2 Å². The number of nitrogens with one attached hydrogen (secondary N) is 3. The molecule has 2 aliphatic rings. The van der Waals surface area contributed by atoms with Gasteiger partial charge in [-0.25, -0.2) is 0 Å². The number of nitrogens with zero attached hydrogens (tertiary/aromatic N) is 2. The van der Waals surface area contributed by atoms with Crippen molar-refractivity contribution in [1.82, 2.24) is 25.7 Å². The van der Waals surface area contributed by atoms with Gasteiger partial charge in [0.2, 0.25) is 11.8 Å². The Morgan fingerprint density at radius 1 is 0.909 bits per heavy atom. The maximum atomic E-state index is 13.8. The van der Waals surface area contributed by atoms with Crippen LogP contribution in [0.5, 0.6) is 0 Å². The van der Waals surface area contributed by atoms with Crippen LogP contribution >= 0.6 is 11.6 Å². The van der Waals surface area contributed by atoms with Crippen molar-refractivity contribution in [2.75, 3.05) is 7.05 Å². The number of carbonyl (C=O) groups is 4. The zero-order valence-corrected chi connectivity index (χ0v) is 25.4. The Morgan fingerprint density at radius 2 is 1.66 bits per heavy atom. The first-order valence-electron chi connectivity index (χ1n) is 14.5. The second kappa shape index (κ2) is 13.7. The van der Waals surface area contributed by atoms with Crippen LogP contribution in [-0.4, -0.2) is 52.4 Å². The van der Waals surface area contributed by atoms with E-state index >= 15 is 0 Å². The van der Waals surface area contributed by atoms with Crippen molar-refractivity contribution in [2.45, 2.75) is 44.2 Å². The number of hydrogen-bond donors (Lipinski definition) is 3. The molecule has 6 rings (SSSR count). The first-order chi connectivity index (χ1) is 21.2. The highest BCUT2D eigenvalue weighted by Gasteiger charge is 2.25. The van der Waals surface area contributed by atoms with Gasteiger partial charge in [-0.3, -0.25) is 23.9 Å². The molecule has 44 heavy (non-hydrogen) atoms. The molecule has 0 saturated carbocycles. The van der Waals surface area contributed by atoms with Crippen LogP contribution in [0, 0.1) is 0 Å². The first-order valence-corrected chi connectivity index (χ1v) is 14.9. The maximum Gasteiger partial charge on any atom is 0.270 e. The number of ketones is 1. The smallest absolute Gasteiger partial charge is 0.270 e. The molecule has 226 valence electrons. The number of fused-ring (bicyclic) bond motifs is 10. The Hall–Kier alpha value is -4.76. The number of amides is 3. The summed E-state index contributed by atoms with van der Waals surface area (Å²) in [7, 11) is 3.21. The molecular weight excluding hydrogens is 578 g/mol. The highest BCUT2D eigenvalue weighted by molar-refractivity contribution is 6.31. The number of rotatable bonds is 3. The van der Waals surface area contributed by atoms with Crippen molar-refractivity contribution < 1.29 is 19.2 Å². The van der Waals surface area contributed by atoms with Crippen LogP contribution in [0.15, 0.2) is 79.0 Å². The lowest BCUT2D eigenvalue weighted by Crippen LogP contribution is -2.47. The van der Waals surface area contributed by atoms with Gasteiger partial charge in [0.05, 0.1) is 6.04 Å². The average Bonchev–Trinajstić information content (AvgIpc) is 3.46. The van der Waals surface area contributed by atoms with E-state index in [0.29, 0.717) is 23.6 Å². The molecule has 3 amide bonds. The number of halogens is 1. The van der Waals surface area contributed by atoms with E-state index in [4.69, 9.17) is 11.6 Å². The number of Topliss-reactive ketones (excluding diaryl/α,β-unsaturated/α-hetero) is 1. The summed E-state index contributed by atoms with van der Waals surface area (Å²) in [6, 6.07) is 20.9. The van der Waals surface area contributed by atoms with Gasteiger partial charge >= 0.3 is 0 Å². The molecule has 2 aliphatic heterocycles. The van der Waals surface area contributed by atoms with Gasteiger partial charge in [0.1, 0.15) is 11.7 Å². The predicted octanol–water partition coefficient (Wildman–Crippen LogP) is 3.61. The number of aryl methyl sites for hydroxylation is 2. The van der Waals surface area contributed by atoms with E-state index < -0.39 is 18.0 Å². The van der Waals surface area contributed by atoms with Gasteiger partial charge in [-0.2, -0.15) is 5.10 Å². The molecule has 0 radical (unpaired) electrons. The zero-order valence-electron chi connectivity index (χ0n) is 24.6. The summed E-state index contributed by atoms with van der Waals surface area (Å²) in [5.74, 6) is -1.09. The minimum atomic E-state index is -0.852. The number of hydrogen-bond acceptors (Lipinski definition) is 5. The second-order valence-electron chi connectivity index (χ2n) is 11.0. The molecule has 0 saturated heterocycles. The second-order valence-corrected chi connectivity index (χ2v) is 11.4.